The van der Waals surface area contributed by atoms with Gasteiger partial charge in [0.05, 0.1) is 29.1 Å². The molecule has 0 N–H and O–H groups in total. The van der Waals surface area contributed by atoms with Gasteiger partial charge in [-0.15, -0.1) is 0 Å². The summed E-state index contributed by atoms with van der Waals surface area (Å²) in [6.07, 6.45) is 3.12. The largest absolute Gasteiger partial charge is 0.378 e. The fourth-order valence-electron chi connectivity index (χ4n) is 3.62. The van der Waals surface area contributed by atoms with Crippen LogP contribution in [0.3, 0.4) is 0 Å². The molecular weight excluding hydrogens is 350 g/mol. The van der Waals surface area contributed by atoms with Crippen molar-refractivity contribution in [2.75, 3.05) is 7.11 Å². The third kappa shape index (κ3) is 2.91. The zero-order valence-electron chi connectivity index (χ0n) is 15.0. The summed E-state index contributed by atoms with van der Waals surface area (Å²) in [5.41, 5.74) is 4.86. The van der Waals surface area contributed by atoms with Gasteiger partial charge in [-0.3, -0.25) is 4.79 Å². The molecule has 4 rings (SSSR count). The molecule has 1 aliphatic carbocycles. The summed E-state index contributed by atoms with van der Waals surface area (Å²) < 4.78 is 7.03. The molecule has 2 aromatic heterocycles. The van der Waals surface area contributed by atoms with Crippen LogP contribution in [0.1, 0.15) is 42.0 Å². The van der Waals surface area contributed by atoms with Crippen molar-refractivity contribution in [2.24, 2.45) is 5.41 Å². The molecule has 0 radical (unpaired) electrons. The van der Waals surface area contributed by atoms with Gasteiger partial charge in [-0.25, -0.2) is 9.50 Å². The number of ether oxygens (including phenoxy) is 1. The van der Waals surface area contributed by atoms with Gasteiger partial charge in [0.2, 0.25) is 0 Å². The fraction of sp³-hybridized carbons (Fsp3) is 0.350. The van der Waals surface area contributed by atoms with Crippen LogP contribution in [0.15, 0.2) is 30.5 Å². The molecule has 0 saturated heterocycles. The first-order valence-corrected chi connectivity index (χ1v) is 8.95. The number of carbonyl (C=O) groups excluding carboxylic acids is 1. The Morgan fingerprint density at radius 2 is 1.96 bits per heavy atom. The van der Waals surface area contributed by atoms with Gasteiger partial charge in [0.1, 0.15) is 0 Å². The van der Waals surface area contributed by atoms with E-state index in [4.69, 9.17) is 21.3 Å². The maximum atomic E-state index is 12.5. The van der Waals surface area contributed by atoms with Gasteiger partial charge in [-0.1, -0.05) is 37.6 Å². The van der Waals surface area contributed by atoms with E-state index in [0.717, 1.165) is 34.6 Å². The molecule has 0 atom stereocenters. The molecule has 5 nitrogen and oxygen atoms in total. The molecule has 1 aliphatic rings. The molecule has 0 bridgehead atoms. The number of carbonyl (C=O) groups is 1. The maximum absolute atomic E-state index is 12.5. The topological polar surface area (TPSA) is 56.5 Å². The van der Waals surface area contributed by atoms with E-state index in [0.29, 0.717) is 23.6 Å². The Kier molecular flexibility index (Phi) is 4.09. The van der Waals surface area contributed by atoms with Gasteiger partial charge in [0.25, 0.3) is 0 Å². The number of rotatable bonds is 3. The van der Waals surface area contributed by atoms with Crippen LogP contribution in [0.5, 0.6) is 0 Å². The Hall–Kier alpha value is -2.24. The second-order valence-electron chi connectivity index (χ2n) is 7.57. The summed E-state index contributed by atoms with van der Waals surface area (Å²) in [7, 11) is 1.64. The summed E-state index contributed by atoms with van der Waals surface area (Å²) in [4.78, 5) is 17.4. The van der Waals surface area contributed by atoms with Crippen molar-refractivity contribution in [1.29, 1.82) is 0 Å². The van der Waals surface area contributed by atoms with E-state index in [1.165, 1.54) is 0 Å². The fourth-order valence-corrected chi connectivity index (χ4v) is 3.74. The van der Waals surface area contributed by atoms with E-state index >= 15 is 0 Å². The third-order valence-corrected chi connectivity index (χ3v) is 5.01. The number of hydrogen-bond acceptors (Lipinski definition) is 4. The summed E-state index contributed by atoms with van der Waals surface area (Å²) in [6.45, 7) is 4.57. The Morgan fingerprint density at radius 3 is 2.65 bits per heavy atom. The van der Waals surface area contributed by atoms with Crippen LogP contribution >= 0.6 is 11.6 Å². The monoisotopic (exact) mass is 369 g/mol. The Bertz CT molecular complexity index is 1010. The molecule has 134 valence electrons. The van der Waals surface area contributed by atoms with Crippen molar-refractivity contribution in [2.45, 2.75) is 33.3 Å². The van der Waals surface area contributed by atoms with Gasteiger partial charge in [-0.05, 0) is 29.5 Å². The SMILES string of the molecule is COCc1nn2cc3c(nc2c1-c1ccc(Cl)cc1)CC(C)(C)CC3=O. The Morgan fingerprint density at radius 1 is 1.23 bits per heavy atom. The van der Waals surface area contributed by atoms with Gasteiger partial charge < -0.3 is 4.74 Å². The average molecular weight is 370 g/mol. The van der Waals surface area contributed by atoms with Gasteiger partial charge >= 0.3 is 0 Å². The molecular formula is C20H20ClN3O2. The van der Waals surface area contributed by atoms with Crippen LogP contribution in [0.25, 0.3) is 16.8 Å². The van der Waals surface area contributed by atoms with E-state index < -0.39 is 0 Å². The highest BCUT2D eigenvalue weighted by Crippen LogP contribution is 2.36. The predicted octanol–water partition coefficient (Wildman–Crippen LogP) is 4.35. The van der Waals surface area contributed by atoms with Crippen LogP contribution in [0.4, 0.5) is 0 Å². The Balaban J connectivity index is 1.96. The zero-order chi connectivity index (χ0) is 18.5. The Labute approximate surface area is 157 Å². The van der Waals surface area contributed by atoms with Crippen LogP contribution in [0.2, 0.25) is 5.02 Å². The lowest BCUT2D eigenvalue weighted by molar-refractivity contribution is 0.0909. The number of benzene rings is 1. The number of Topliss-reactive ketones (excluding diaryl/α,β-unsaturated/α-hetero) is 1. The van der Waals surface area contributed by atoms with E-state index in [9.17, 15) is 4.79 Å². The molecule has 0 unspecified atom stereocenters. The third-order valence-electron chi connectivity index (χ3n) is 4.76. The quantitative estimate of drug-likeness (QED) is 0.688. The van der Waals surface area contributed by atoms with Crippen molar-refractivity contribution >= 4 is 23.0 Å². The number of halogens is 1. The predicted molar refractivity (Wildman–Crippen MR) is 101 cm³/mol. The van der Waals surface area contributed by atoms with Crippen molar-refractivity contribution in [3.05, 3.63) is 52.4 Å². The minimum absolute atomic E-state index is 0.0781. The number of nitrogens with zero attached hydrogens (tertiary/aromatic N) is 3. The molecule has 0 spiro atoms. The highest BCUT2D eigenvalue weighted by molar-refractivity contribution is 6.30. The molecule has 0 aliphatic heterocycles. The highest BCUT2D eigenvalue weighted by atomic mass is 35.5. The van der Waals surface area contributed by atoms with Gasteiger partial charge in [-0.2, -0.15) is 5.10 Å². The van der Waals surface area contributed by atoms with E-state index in [-0.39, 0.29) is 11.2 Å². The maximum Gasteiger partial charge on any atom is 0.166 e. The first-order valence-electron chi connectivity index (χ1n) is 8.57. The zero-order valence-corrected chi connectivity index (χ0v) is 15.8. The molecule has 6 heteroatoms. The van der Waals surface area contributed by atoms with Crippen molar-refractivity contribution in [1.82, 2.24) is 14.6 Å². The summed E-state index contributed by atoms with van der Waals surface area (Å²) >= 11 is 6.04. The summed E-state index contributed by atoms with van der Waals surface area (Å²) in [5.74, 6) is 0.127. The first-order chi connectivity index (χ1) is 12.4. The van der Waals surface area contributed by atoms with Crippen LogP contribution in [-0.2, 0) is 17.8 Å². The average Bonchev–Trinajstić information content (AvgIpc) is 2.90. The second-order valence-corrected chi connectivity index (χ2v) is 8.01. The smallest absolute Gasteiger partial charge is 0.166 e. The van der Waals surface area contributed by atoms with Crippen molar-refractivity contribution < 1.29 is 9.53 Å². The molecule has 1 aromatic carbocycles. The molecule has 26 heavy (non-hydrogen) atoms. The standard InChI is InChI=1S/C20H20ClN3O2/c1-20(2)8-15-14(17(25)9-20)10-24-19(22-15)18(16(23-24)11-26-3)12-4-6-13(21)7-5-12/h4-7,10H,8-9,11H2,1-3H3. The number of hydrogen-bond donors (Lipinski definition) is 0. The lowest BCUT2D eigenvalue weighted by atomic mass is 9.76. The highest BCUT2D eigenvalue weighted by Gasteiger charge is 2.33. The molecule has 2 heterocycles. The minimum Gasteiger partial charge on any atom is -0.378 e. The lowest BCUT2D eigenvalue weighted by Crippen LogP contribution is -2.28. The van der Waals surface area contributed by atoms with E-state index in [1.54, 1.807) is 11.6 Å². The normalized spacial score (nSPS) is 16.1. The number of fused-ring (bicyclic) bond motifs is 2. The van der Waals surface area contributed by atoms with Crippen LogP contribution in [0, 0.1) is 5.41 Å². The van der Waals surface area contributed by atoms with Crippen LogP contribution in [-0.4, -0.2) is 27.5 Å². The number of methoxy groups -OCH3 is 1. The molecule has 0 fully saturated rings. The number of aromatic nitrogens is 3. The minimum atomic E-state index is -0.0781. The first kappa shape index (κ1) is 17.2. The second kappa shape index (κ2) is 6.18. The van der Waals surface area contributed by atoms with Gasteiger partial charge in [0.15, 0.2) is 11.4 Å². The summed E-state index contributed by atoms with van der Waals surface area (Å²) in [5, 5.41) is 5.30. The lowest BCUT2D eigenvalue weighted by Gasteiger charge is -2.29. The van der Waals surface area contributed by atoms with E-state index in [2.05, 4.69) is 18.9 Å². The van der Waals surface area contributed by atoms with Crippen molar-refractivity contribution in [3.63, 3.8) is 0 Å². The van der Waals surface area contributed by atoms with E-state index in [1.807, 2.05) is 30.5 Å². The van der Waals surface area contributed by atoms with Crippen molar-refractivity contribution in [3.8, 4) is 11.1 Å². The summed E-state index contributed by atoms with van der Waals surface area (Å²) in [6, 6.07) is 7.60. The number of ketones is 1. The van der Waals surface area contributed by atoms with Crippen LogP contribution < -0.4 is 0 Å². The molecule has 0 saturated carbocycles. The van der Waals surface area contributed by atoms with Gasteiger partial charge in [0, 0.05) is 24.8 Å². The molecule has 3 aromatic rings. The molecule has 0 amide bonds.